The second-order valence-corrected chi connectivity index (χ2v) is 7.63. The molecular formula is C15H20N4S2. The molecular weight excluding hydrogens is 300 g/mol. The highest BCUT2D eigenvalue weighted by molar-refractivity contribution is 8.01. The van der Waals surface area contributed by atoms with E-state index in [2.05, 4.69) is 32.6 Å². The van der Waals surface area contributed by atoms with Crippen LogP contribution in [-0.4, -0.2) is 27.0 Å². The maximum Gasteiger partial charge on any atom is 0.206 e. The van der Waals surface area contributed by atoms with Gasteiger partial charge in [0.1, 0.15) is 0 Å². The van der Waals surface area contributed by atoms with Crippen LogP contribution in [0.4, 0.5) is 5.13 Å². The average Bonchev–Trinajstić information content (AvgIpc) is 2.97. The molecule has 0 bridgehead atoms. The monoisotopic (exact) mass is 320 g/mol. The first kappa shape index (κ1) is 14.8. The zero-order chi connectivity index (χ0) is 14.3. The van der Waals surface area contributed by atoms with Gasteiger partial charge in [0.2, 0.25) is 5.13 Å². The summed E-state index contributed by atoms with van der Waals surface area (Å²) < 4.78 is 1.06. The Morgan fingerprint density at radius 2 is 1.95 bits per heavy atom. The number of aryl methyl sites for hydroxylation is 1. The molecule has 4 nitrogen and oxygen atoms in total. The molecule has 0 aromatic carbocycles. The maximum atomic E-state index is 4.27. The number of pyridine rings is 1. The minimum absolute atomic E-state index is 0.598. The molecule has 0 amide bonds. The molecule has 0 unspecified atom stereocenters. The first-order chi connectivity index (χ1) is 10.4. The molecule has 1 saturated carbocycles. The lowest BCUT2D eigenvalue weighted by Crippen LogP contribution is -2.21. The van der Waals surface area contributed by atoms with Crippen molar-refractivity contribution in [1.29, 1.82) is 0 Å². The van der Waals surface area contributed by atoms with E-state index >= 15 is 0 Å². The highest BCUT2D eigenvalue weighted by Gasteiger charge is 2.15. The van der Waals surface area contributed by atoms with E-state index in [4.69, 9.17) is 0 Å². The normalized spacial score (nSPS) is 16.0. The molecule has 3 rings (SSSR count). The van der Waals surface area contributed by atoms with E-state index in [0.717, 1.165) is 21.6 Å². The molecule has 2 aromatic rings. The van der Waals surface area contributed by atoms with Gasteiger partial charge in [0.25, 0.3) is 0 Å². The molecule has 1 N–H and O–H groups in total. The zero-order valence-electron chi connectivity index (χ0n) is 12.0. The Balaban J connectivity index is 1.44. The minimum Gasteiger partial charge on any atom is -0.357 e. The van der Waals surface area contributed by atoms with Gasteiger partial charge in [-0.25, -0.2) is 0 Å². The smallest absolute Gasteiger partial charge is 0.206 e. The lowest BCUT2D eigenvalue weighted by Gasteiger charge is -2.21. The predicted octanol–water partition coefficient (Wildman–Crippen LogP) is 4.01. The van der Waals surface area contributed by atoms with Crippen molar-refractivity contribution in [1.82, 2.24) is 15.2 Å². The Labute approximate surface area is 133 Å². The van der Waals surface area contributed by atoms with Gasteiger partial charge in [0.05, 0.1) is 0 Å². The summed E-state index contributed by atoms with van der Waals surface area (Å²) in [6.45, 7) is 0. The summed E-state index contributed by atoms with van der Waals surface area (Å²) in [5, 5.41) is 13.0. The second-order valence-electron chi connectivity index (χ2n) is 5.31. The summed E-state index contributed by atoms with van der Waals surface area (Å²) >= 11 is 3.46. The van der Waals surface area contributed by atoms with Gasteiger partial charge in [0, 0.05) is 24.2 Å². The Morgan fingerprint density at radius 3 is 2.76 bits per heavy atom. The molecule has 6 heteroatoms. The molecule has 0 aliphatic heterocycles. The molecule has 0 atom stereocenters. The Bertz CT molecular complexity index is 538. The number of hydrogen-bond acceptors (Lipinski definition) is 6. The second kappa shape index (κ2) is 7.75. The fourth-order valence-electron chi connectivity index (χ4n) is 2.55. The van der Waals surface area contributed by atoms with Gasteiger partial charge in [-0.2, -0.15) is 0 Å². The number of thioether (sulfide) groups is 1. The minimum atomic E-state index is 0.598. The van der Waals surface area contributed by atoms with Crippen LogP contribution in [0.1, 0.15) is 37.7 Å². The van der Waals surface area contributed by atoms with Gasteiger partial charge in [-0.1, -0.05) is 42.4 Å². The SMILES string of the molecule is c1cc(CCSc2nnc(NC3CCCCC3)s2)ccn1. The van der Waals surface area contributed by atoms with Crippen molar-refractivity contribution in [2.75, 3.05) is 11.1 Å². The van der Waals surface area contributed by atoms with Crippen molar-refractivity contribution in [3.05, 3.63) is 30.1 Å². The third-order valence-corrected chi connectivity index (χ3v) is 5.69. The van der Waals surface area contributed by atoms with E-state index in [9.17, 15) is 0 Å². The van der Waals surface area contributed by atoms with Gasteiger partial charge < -0.3 is 5.32 Å². The summed E-state index contributed by atoms with van der Waals surface area (Å²) in [6.07, 6.45) is 11.3. The van der Waals surface area contributed by atoms with Crippen molar-refractivity contribution in [3.63, 3.8) is 0 Å². The molecule has 0 spiro atoms. The fraction of sp³-hybridized carbons (Fsp3) is 0.533. The first-order valence-corrected chi connectivity index (χ1v) is 9.32. The van der Waals surface area contributed by atoms with Crippen LogP contribution >= 0.6 is 23.1 Å². The summed E-state index contributed by atoms with van der Waals surface area (Å²) in [5.74, 6) is 1.03. The quantitative estimate of drug-likeness (QED) is 0.815. The number of rotatable bonds is 6. The summed E-state index contributed by atoms with van der Waals surface area (Å²) in [7, 11) is 0. The number of aromatic nitrogens is 3. The molecule has 0 saturated heterocycles. The van der Waals surface area contributed by atoms with Crippen molar-refractivity contribution < 1.29 is 0 Å². The molecule has 2 heterocycles. The third-order valence-electron chi connectivity index (χ3n) is 3.70. The van der Waals surface area contributed by atoms with Gasteiger partial charge in [-0.3, -0.25) is 4.98 Å². The van der Waals surface area contributed by atoms with Crippen LogP contribution < -0.4 is 5.32 Å². The number of hydrogen-bond donors (Lipinski definition) is 1. The molecule has 0 radical (unpaired) electrons. The van der Waals surface area contributed by atoms with Crippen LogP contribution in [0, 0.1) is 0 Å². The highest BCUT2D eigenvalue weighted by Crippen LogP contribution is 2.28. The molecule has 1 fully saturated rings. The van der Waals surface area contributed by atoms with Crippen LogP contribution in [-0.2, 0) is 6.42 Å². The summed E-state index contributed by atoms with van der Waals surface area (Å²) in [5.41, 5.74) is 1.32. The lowest BCUT2D eigenvalue weighted by molar-refractivity contribution is 0.462. The van der Waals surface area contributed by atoms with E-state index in [-0.39, 0.29) is 0 Å². The number of anilines is 1. The molecule has 2 aromatic heterocycles. The Hall–Kier alpha value is -1.14. The third kappa shape index (κ3) is 4.68. The van der Waals surface area contributed by atoms with Crippen LogP contribution in [0.25, 0.3) is 0 Å². The molecule has 1 aliphatic rings. The van der Waals surface area contributed by atoms with E-state index in [1.807, 2.05) is 12.4 Å². The van der Waals surface area contributed by atoms with Gasteiger partial charge in [-0.15, -0.1) is 10.2 Å². The molecule has 21 heavy (non-hydrogen) atoms. The van der Waals surface area contributed by atoms with Crippen molar-refractivity contribution in [3.8, 4) is 0 Å². The zero-order valence-corrected chi connectivity index (χ0v) is 13.6. The van der Waals surface area contributed by atoms with Crippen LogP contribution in [0.3, 0.4) is 0 Å². The standard InChI is InChI=1S/C15H20N4S2/c1-2-4-13(5-3-1)17-14-18-19-15(21-14)20-11-8-12-6-9-16-10-7-12/h6-7,9-10,13H,1-5,8,11H2,(H,17,18). The van der Waals surface area contributed by atoms with Crippen molar-refractivity contribution in [2.45, 2.75) is 48.9 Å². The topological polar surface area (TPSA) is 50.7 Å². The van der Waals surface area contributed by atoms with E-state index < -0.39 is 0 Å². The van der Waals surface area contributed by atoms with E-state index in [0.29, 0.717) is 6.04 Å². The summed E-state index contributed by atoms with van der Waals surface area (Å²) in [6, 6.07) is 4.73. The number of nitrogens with zero attached hydrogens (tertiary/aromatic N) is 3. The molecule has 1 aliphatic carbocycles. The van der Waals surface area contributed by atoms with Crippen molar-refractivity contribution >= 4 is 28.2 Å². The lowest BCUT2D eigenvalue weighted by atomic mass is 9.96. The average molecular weight is 320 g/mol. The Morgan fingerprint density at radius 1 is 1.14 bits per heavy atom. The number of nitrogens with one attached hydrogen (secondary N) is 1. The van der Waals surface area contributed by atoms with Crippen LogP contribution in [0.15, 0.2) is 28.9 Å². The van der Waals surface area contributed by atoms with Gasteiger partial charge in [-0.05, 0) is 37.0 Å². The van der Waals surface area contributed by atoms with E-state index in [1.54, 1.807) is 23.1 Å². The fourth-order valence-corrected chi connectivity index (χ4v) is 4.44. The predicted molar refractivity (Wildman–Crippen MR) is 89.1 cm³/mol. The summed E-state index contributed by atoms with van der Waals surface area (Å²) in [4.78, 5) is 4.04. The largest absolute Gasteiger partial charge is 0.357 e. The first-order valence-electron chi connectivity index (χ1n) is 7.52. The maximum absolute atomic E-state index is 4.27. The van der Waals surface area contributed by atoms with E-state index in [1.165, 1.54) is 37.7 Å². The molecule has 112 valence electrons. The van der Waals surface area contributed by atoms with Crippen LogP contribution in [0.5, 0.6) is 0 Å². The highest BCUT2D eigenvalue weighted by atomic mass is 32.2. The van der Waals surface area contributed by atoms with Gasteiger partial charge >= 0.3 is 0 Å². The van der Waals surface area contributed by atoms with Crippen LogP contribution in [0.2, 0.25) is 0 Å². The van der Waals surface area contributed by atoms with Gasteiger partial charge in [0.15, 0.2) is 4.34 Å². The Kier molecular flexibility index (Phi) is 5.46. The van der Waals surface area contributed by atoms with Crippen molar-refractivity contribution in [2.24, 2.45) is 0 Å².